The van der Waals surface area contributed by atoms with Gasteiger partial charge >= 0.3 is 0 Å². The van der Waals surface area contributed by atoms with Crippen molar-refractivity contribution in [1.82, 2.24) is 19.7 Å². The Labute approximate surface area is 127 Å². The van der Waals surface area contributed by atoms with Gasteiger partial charge in [0.2, 0.25) is 0 Å². The molecule has 1 saturated heterocycles. The maximum Gasteiger partial charge on any atom is 0.289 e. The van der Waals surface area contributed by atoms with Crippen molar-refractivity contribution in [2.75, 3.05) is 13.1 Å². The molecule has 2 aromatic rings. The summed E-state index contributed by atoms with van der Waals surface area (Å²) in [6, 6.07) is 3.54. The molecule has 3 heterocycles. The summed E-state index contributed by atoms with van der Waals surface area (Å²) in [5, 5.41) is 7.10. The first kappa shape index (κ1) is 14.1. The van der Waals surface area contributed by atoms with E-state index in [1.807, 2.05) is 29.5 Å². The molecule has 112 valence electrons. The molecule has 1 amide bonds. The first-order valence-corrected chi connectivity index (χ1v) is 7.44. The summed E-state index contributed by atoms with van der Waals surface area (Å²) in [5.74, 6) is 2.22. The summed E-state index contributed by atoms with van der Waals surface area (Å²) < 4.78 is 7.92. The Morgan fingerprint density at radius 2 is 2.33 bits per heavy atom. The molecule has 0 aliphatic carbocycles. The van der Waals surface area contributed by atoms with Crippen molar-refractivity contribution < 1.29 is 9.21 Å². The Morgan fingerprint density at radius 1 is 1.52 bits per heavy atom. The van der Waals surface area contributed by atoms with Gasteiger partial charge in [-0.15, -0.1) is 0 Å². The number of furan rings is 1. The van der Waals surface area contributed by atoms with E-state index in [9.17, 15) is 4.79 Å². The molecular formula is C14H18N4O2S. The number of nitrogens with zero attached hydrogens (tertiary/aromatic N) is 3. The molecule has 1 aliphatic heterocycles. The van der Waals surface area contributed by atoms with Crippen LogP contribution in [0, 0.1) is 11.7 Å². The fourth-order valence-electron chi connectivity index (χ4n) is 2.80. The first-order chi connectivity index (χ1) is 10.1. The summed E-state index contributed by atoms with van der Waals surface area (Å²) in [6.07, 6.45) is 1.96. The van der Waals surface area contributed by atoms with Gasteiger partial charge in [0.15, 0.2) is 10.5 Å². The van der Waals surface area contributed by atoms with Crippen LogP contribution in [0.2, 0.25) is 0 Å². The number of aromatic amines is 1. The lowest BCUT2D eigenvalue weighted by molar-refractivity contribution is 0.0670. The van der Waals surface area contributed by atoms with Gasteiger partial charge in [0.05, 0.1) is 0 Å². The average Bonchev–Trinajstić information content (AvgIpc) is 3.06. The zero-order valence-electron chi connectivity index (χ0n) is 12.1. The second kappa shape index (κ2) is 5.48. The van der Waals surface area contributed by atoms with E-state index in [2.05, 4.69) is 10.2 Å². The zero-order valence-corrected chi connectivity index (χ0v) is 12.9. The maximum absolute atomic E-state index is 12.5. The summed E-state index contributed by atoms with van der Waals surface area (Å²) in [5.41, 5.74) is 0. The number of piperidine rings is 1. The third-order valence-corrected chi connectivity index (χ3v) is 4.30. The van der Waals surface area contributed by atoms with Gasteiger partial charge in [-0.3, -0.25) is 9.89 Å². The monoisotopic (exact) mass is 306 g/mol. The standard InChI is InChI=1S/C14H18N4O2S/c1-9-5-6-11(20-9)13(19)18-7-3-4-10(8-18)12-15-16-14(21)17(12)2/h5-6,10H,3-4,7-8H2,1-2H3,(H,16,21)/t10-/m1/s1. The molecule has 0 unspecified atom stereocenters. The number of hydrogen-bond donors (Lipinski definition) is 1. The Bertz CT molecular complexity index is 715. The number of carbonyl (C=O) groups excluding carboxylic acids is 1. The van der Waals surface area contributed by atoms with E-state index in [-0.39, 0.29) is 11.8 Å². The van der Waals surface area contributed by atoms with E-state index in [1.165, 1.54) is 0 Å². The topological polar surface area (TPSA) is 67.1 Å². The zero-order chi connectivity index (χ0) is 15.0. The summed E-state index contributed by atoms with van der Waals surface area (Å²) in [7, 11) is 1.90. The SMILES string of the molecule is Cc1ccc(C(=O)N2CCC[C@@H](c3n[nH]c(=S)n3C)C2)o1. The minimum atomic E-state index is -0.0513. The number of nitrogens with one attached hydrogen (secondary N) is 1. The number of amides is 1. The van der Waals surface area contributed by atoms with Crippen LogP contribution in [0.4, 0.5) is 0 Å². The Balaban J connectivity index is 1.78. The molecule has 1 aliphatic rings. The van der Waals surface area contributed by atoms with Crippen molar-refractivity contribution in [3.8, 4) is 0 Å². The van der Waals surface area contributed by atoms with Crippen molar-refractivity contribution in [3.05, 3.63) is 34.2 Å². The van der Waals surface area contributed by atoms with E-state index in [1.54, 1.807) is 6.07 Å². The van der Waals surface area contributed by atoms with Crippen LogP contribution >= 0.6 is 12.2 Å². The van der Waals surface area contributed by atoms with Crippen LogP contribution in [-0.4, -0.2) is 38.7 Å². The second-order valence-electron chi connectivity index (χ2n) is 5.45. The Morgan fingerprint density at radius 3 is 2.95 bits per heavy atom. The van der Waals surface area contributed by atoms with Gasteiger partial charge in [0, 0.05) is 26.1 Å². The summed E-state index contributed by atoms with van der Waals surface area (Å²) in [4.78, 5) is 14.3. The predicted molar refractivity (Wildman–Crippen MR) is 79.7 cm³/mol. The van der Waals surface area contributed by atoms with Crippen LogP contribution in [0.3, 0.4) is 0 Å². The number of rotatable bonds is 2. The van der Waals surface area contributed by atoms with Crippen LogP contribution in [0.1, 0.15) is 40.9 Å². The van der Waals surface area contributed by atoms with E-state index in [4.69, 9.17) is 16.6 Å². The average molecular weight is 306 g/mol. The largest absolute Gasteiger partial charge is 0.456 e. The molecule has 3 rings (SSSR count). The molecule has 6 nitrogen and oxygen atoms in total. The Hall–Kier alpha value is -1.89. The van der Waals surface area contributed by atoms with Crippen LogP contribution in [-0.2, 0) is 7.05 Å². The van der Waals surface area contributed by atoms with Crippen LogP contribution in [0.5, 0.6) is 0 Å². The normalized spacial score (nSPS) is 19.0. The molecule has 21 heavy (non-hydrogen) atoms. The van der Waals surface area contributed by atoms with Gasteiger partial charge in [-0.25, -0.2) is 0 Å². The highest BCUT2D eigenvalue weighted by molar-refractivity contribution is 7.71. The highest BCUT2D eigenvalue weighted by Gasteiger charge is 2.29. The highest BCUT2D eigenvalue weighted by atomic mass is 32.1. The smallest absolute Gasteiger partial charge is 0.289 e. The van der Waals surface area contributed by atoms with E-state index in [0.717, 1.165) is 31.0 Å². The van der Waals surface area contributed by atoms with Crippen LogP contribution in [0.15, 0.2) is 16.5 Å². The van der Waals surface area contributed by atoms with Crippen molar-refractivity contribution in [3.63, 3.8) is 0 Å². The molecule has 0 radical (unpaired) electrons. The van der Waals surface area contributed by atoms with Crippen molar-refractivity contribution in [2.24, 2.45) is 7.05 Å². The molecule has 2 aromatic heterocycles. The molecule has 0 bridgehead atoms. The molecular weight excluding hydrogens is 288 g/mol. The number of hydrogen-bond acceptors (Lipinski definition) is 4. The lowest BCUT2D eigenvalue weighted by Gasteiger charge is -2.31. The minimum Gasteiger partial charge on any atom is -0.456 e. The van der Waals surface area contributed by atoms with Gasteiger partial charge in [0.1, 0.15) is 11.6 Å². The predicted octanol–water partition coefficient (Wildman–Crippen LogP) is 2.40. The summed E-state index contributed by atoms with van der Waals surface area (Å²) >= 11 is 5.15. The van der Waals surface area contributed by atoms with Gasteiger partial charge < -0.3 is 13.9 Å². The number of H-pyrrole nitrogens is 1. The summed E-state index contributed by atoms with van der Waals surface area (Å²) in [6.45, 7) is 3.24. The number of likely N-dealkylation sites (tertiary alicyclic amines) is 1. The number of aromatic nitrogens is 3. The molecule has 0 aromatic carbocycles. The molecule has 1 fully saturated rings. The minimum absolute atomic E-state index is 0.0513. The lowest BCUT2D eigenvalue weighted by Crippen LogP contribution is -2.39. The van der Waals surface area contributed by atoms with E-state index in [0.29, 0.717) is 17.1 Å². The molecule has 1 atom stereocenters. The van der Waals surface area contributed by atoms with E-state index < -0.39 is 0 Å². The third kappa shape index (κ3) is 2.65. The molecule has 1 N–H and O–H groups in total. The lowest BCUT2D eigenvalue weighted by atomic mass is 9.97. The number of aryl methyl sites for hydroxylation is 1. The fraction of sp³-hybridized carbons (Fsp3) is 0.500. The first-order valence-electron chi connectivity index (χ1n) is 7.03. The molecule has 0 spiro atoms. The second-order valence-corrected chi connectivity index (χ2v) is 5.83. The molecule has 7 heteroatoms. The fourth-order valence-corrected chi connectivity index (χ4v) is 2.94. The maximum atomic E-state index is 12.5. The van der Waals surface area contributed by atoms with Gasteiger partial charge in [-0.05, 0) is 44.1 Å². The van der Waals surface area contributed by atoms with Crippen LogP contribution in [0.25, 0.3) is 0 Å². The van der Waals surface area contributed by atoms with Crippen molar-refractivity contribution >= 4 is 18.1 Å². The van der Waals surface area contributed by atoms with Crippen molar-refractivity contribution in [2.45, 2.75) is 25.7 Å². The highest BCUT2D eigenvalue weighted by Crippen LogP contribution is 2.26. The van der Waals surface area contributed by atoms with Gasteiger partial charge in [-0.1, -0.05) is 0 Å². The van der Waals surface area contributed by atoms with Crippen LogP contribution < -0.4 is 0 Å². The van der Waals surface area contributed by atoms with E-state index >= 15 is 0 Å². The molecule has 0 saturated carbocycles. The quantitative estimate of drug-likeness (QED) is 0.865. The third-order valence-electron chi connectivity index (χ3n) is 3.94. The van der Waals surface area contributed by atoms with Gasteiger partial charge in [0.25, 0.3) is 5.91 Å². The van der Waals surface area contributed by atoms with Crippen molar-refractivity contribution in [1.29, 1.82) is 0 Å². The Kier molecular flexibility index (Phi) is 3.67. The number of carbonyl (C=O) groups is 1. The van der Waals surface area contributed by atoms with Gasteiger partial charge in [-0.2, -0.15) is 5.10 Å².